The van der Waals surface area contributed by atoms with Gasteiger partial charge in [-0.3, -0.25) is 0 Å². The highest BCUT2D eigenvalue weighted by Gasteiger charge is 2.32. The fourth-order valence-electron chi connectivity index (χ4n) is 8.56. The van der Waals surface area contributed by atoms with Gasteiger partial charge < -0.3 is 0 Å². The van der Waals surface area contributed by atoms with Crippen molar-refractivity contribution in [3.8, 4) is 67.3 Å². The molecular weight excluding hydrogens is 709 g/mol. The molecule has 1 aliphatic heterocycles. The van der Waals surface area contributed by atoms with Gasteiger partial charge in [-0.05, 0) is 66.6 Å². The summed E-state index contributed by atoms with van der Waals surface area (Å²) in [5.41, 5.74) is 13.6. The molecule has 2 atom stereocenters. The predicted octanol–water partition coefficient (Wildman–Crippen LogP) is 14.5. The normalized spacial score (nSPS) is 15.5. The molecule has 0 bridgehead atoms. The average molecular weight is 745 g/mol. The Labute approximate surface area is 336 Å². The van der Waals surface area contributed by atoms with E-state index in [1.165, 1.54) is 65.4 Å². The van der Waals surface area contributed by atoms with Crippen LogP contribution in [-0.2, 0) is 0 Å². The van der Waals surface area contributed by atoms with Crippen LogP contribution in [-0.4, -0.2) is 15.2 Å². The van der Waals surface area contributed by atoms with Gasteiger partial charge in [-0.1, -0.05) is 200 Å². The number of rotatable bonds is 6. The van der Waals surface area contributed by atoms with Crippen molar-refractivity contribution in [3.63, 3.8) is 0 Å². The minimum atomic E-state index is 0.436. The van der Waals surface area contributed by atoms with E-state index in [0.29, 0.717) is 17.0 Å². The fourth-order valence-corrected chi connectivity index (χ4v) is 10.0. The van der Waals surface area contributed by atoms with E-state index in [1.807, 2.05) is 11.8 Å². The number of nitrogens with zero attached hydrogens (tertiary/aromatic N) is 2. The van der Waals surface area contributed by atoms with E-state index in [2.05, 4.69) is 206 Å². The van der Waals surface area contributed by atoms with E-state index >= 15 is 0 Å². The van der Waals surface area contributed by atoms with Crippen molar-refractivity contribution in [3.05, 3.63) is 212 Å². The Bertz CT molecular complexity index is 2880. The van der Waals surface area contributed by atoms with E-state index in [4.69, 9.17) is 9.97 Å². The molecule has 1 aliphatic carbocycles. The summed E-state index contributed by atoms with van der Waals surface area (Å²) in [5, 5.41) is 5.44. The molecule has 0 saturated heterocycles. The van der Waals surface area contributed by atoms with Gasteiger partial charge in [-0.25, -0.2) is 9.97 Å². The highest BCUT2D eigenvalue weighted by atomic mass is 32.2. The Kier molecular flexibility index (Phi) is 8.26. The summed E-state index contributed by atoms with van der Waals surface area (Å²) >= 11 is 1.98. The van der Waals surface area contributed by atoms with Crippen molar-refractivity contribution in [1.29, 1.82) is 0 Å². The molecule has 0 amide bonds. The standard InChI is InChI=1S/C54H36N2S/c1-3-14-43-35(10-1)12-7-17-45(43)37-22-28-40(29-23-37)50-34-51(41-30-24-38(25-31-41)46-18-8-13-36-11-2-4-15-44(36)46)56-54(55-50)42-32-26-39(27-33-42)47-19-9-20-49-48-16-5-6-21-52(48)57-53(47)49/h1-34,48,52H. The third-order valence-electron chi connectivity index (χ3n) is 11.5. The molecule has 0 radical (unpaired) electrons. The Hall–Kier alpha value is -6.81. The van der Waals surface area contributed by atoms with Gasteiger partial charge in [0.05, 0.1) is 11.4 Å². The Morgan fingerprint density at radius 1 is 0.386 bits per heavy atom. The second kappa shape index (κ2) is 14.0. The molecule has 3 heteroatoms. The van der Waals surface area contributed by atoms with Crippen LogP contribution in [0, 0.1) is 0 Å². The van der Waals surface area contributed by atoms with Gasteiger partial charge in [0.1, 0.15) is 0 Å². The van der Waals surface area contributed by atoms with E-state index in [0.717, 1.165) is 28.1 Å². The lowest BCUT2D eigenvalue weighted by Gasteiger charge is -2.14. The average Bonchev–Trinajstić information content (AvgIpc) is 3.68. The van der Waals surface area contributed by atoms with E-state index < -0.39 is 0 Å². The third kappa shape index (κ3) is 6.08. The molecule has 57 heavy (non-hydrogen) atoms. The summed E-state index contributed by atoms with van der Waals surface area (Å²) in [6.07, 6.45) is 9.03. The van der Waals surface area contributed by atoms with Crippen molar-refractivity contribution in [1.82, 2.24) is 9.97 Å². The highest BCUT2D eigenvalue weighted by Crippen LogP contribution is 2.51. The second-order valence-corrected chi connectivity index (χ2v) is 16.0. The van der Waals surface area contributed by atoms with Gasteiger partial charge in [-0.15, -0.1) is 11.8 Å². The number of allylic oxidation sites excluding steroid dienone is 3. The number of thioether (sulfide) groups is 1. The maximum atomic E-state index is 5.23. The topological polar surface area (TPSA) is 25.8 Å². The summed E-state index contributed by atoms with van der Waals surface area (Å²) in [4.78, 5) is 11.8. The van der Waals surface area contributed by atoms with Crippen LogP contribution in [0.3, 0.4) is 0 Å². The number of aromatic nitrogens is 2. The first-order chi connectivity index (χ1) is 28.2. The third-order valence-corrected chi connectivity index (χ3v) is 12.9. The fraction of sp³-hybridized carbons (Fsp3) is 0.0370. The number of fused-ring (bicyclic) bond motifs is 5. The number of hydrogen-bond donors (Lipinski definition) is 0. The maximum absolute atomic E-state index is 5.23. The lowest BCUT2D eigenvalue weighted by molar-refractivity contribution is 0.881. The zero-order chi connectivity index (χ0) is 37.7. The molecule has 0 spiro atoms. The lowest BCUT2D eigenvalue weighted by atomic mass is 9.90. The number of benzene rings is 8. The molecule has 2 aliphatic rings. The van der Waals surface area contributed by atoms with Gasteiger partial charge in [0.2, 0.25) is 0 Å². The minimum Gasteiger partial charge on any atom is -0.228 e. The molecule has 2 heterocycles. The van der Waals surface area contributed by atoms with Crippen molar-refractivity contribution >= 4 is 33.3 Å². The molecule has 2 nitrogen and oxygen atoms in total. The summed E-state index contributed by atoms with van der Waals surface area (Å²) in [7, 11) is 0. The lowest BCUT2D eigenvalue weighted by Crippen LogP contribution is -2.06. The van der Waals surface area contributed by atoms with Gasteiger partial charge in [0.25, 0.3) is 0 Å². The molecule has 0 saturated carbocycles. The van der Waals surface area contributed by atoms with Crippen LogP contribution in [0.15, 0.2) is 211 Å². The summed E-state index contributed by atoms with van der Waals surface area (Å²) in [6.45, 7) is 0. The molecule has 9 aromatic rings. The first kappa shape index (κ1) is 33.5. The monoisotopic (exact) mass is 744 g/mol. The Morgan fingerprint density at radius 3 is 1.44 bits per heavy atom. The van der Waals surface area contributed by atoms with Crippen LogP contribution >= 0.6 is 11.8 Å². The molecule has 11 rings (SSSR count). The Balaban J connectivity index is 0.980. The first-order valence-electron chi connectivity index (χ1n) is 19.6. The van der Waals surface area contributed by atoms with Crippen LogP contribution in [0.4, 0.5) is 0 Å². The summed E-state index contributed by atoms with van der Waals surface area (Å²) in [6, 6.07) is 65.5. The van der Waals surface area contributed by atoms with Crippen LogP contribution in [0.5, 0.6) is 0 Å². The van der Waals surface area contributed by atoms with Gasteiger partial charge in [0.15, 0.2) is 5.82 Å². The van der Waals surface area contributed by atoms with Gasteiger partial charge in [0, 0.05) is 32.8 Å². The smallest absolute Gasteiger partial charge is 0.160 e. The van der Waals surface area contributed by atoms with Crippen LogP contribution in [0.1, 0.15) is 11.5 Å². The van der Waals surface area contributed by atoms with Gasteiger partial charge >= 0.3 is 0 Å². The second-order valence-electron chi connectivity index (χ2n) is 14.8. The zero-order valence-corrected chi connectivity index (χ0v) is 31.9. The maximum Gasteiger partial charge on any atom is 0.160 e. The van der Waals surface area contributed by atoms with Crippen molar-refractivity contribution in [2.75, 3.05) is 0 Å². The zero-order valence-electron chi connectivity index (χ0n) is 31.1. The molecule has 0 fully saturated rings. The first-order valence-corrected chi connectivity index (χ1v) is 20.4. The quantitative estimate of drug-likeness (QED) is 0.170. The molecule has 268 valence electrons. The van der Waals surface area contributed by atoms with E-state index in [9.17, 15) is 0 Å². The predicted molar refractivity (Wildman–Crippen MR) is 240 cm³/mol. The van der Waals surface area contributed by atoms with Gasteiger partial charge in [-0.2, -0.15) is 0 Å². The Morgan fingerprint density at radius 2 is 0.842 bits per heavy atom. The van der Waals surface area contributed by atoms with Crippen LogP contribution < -0.4 is 0 Å². The van der Waals surface area contributed by atoms with E-state index in [1.54, 1.807) is 0 Å². The van der Waals surface area contributed by atoms with Crippen molar-refractivity contribution in [2.24, 2.45) is 0 Å². The van der Waals surface area contributed by atoms with Crippen LogP contribution in [0.2, 0.25) is 0 Å². The minimum absolute atomic E-state index is 0.436. The molecule has 2 unspecified atom stereocenters. The molecular formula is C54H36N2S. The summed E-state index contributed by atoms with van der Waals surface area (Å²) in [5.74, 6) is 1.14. The molecule has 8 aromatic carbocycles. The van der Waals surface area contributed by atoms with E-state index in [-0.39, 0.29) is 0 Å². The van der Waals surface area contributed by atoms with Crippen molar-refractivity contribution in [2.45, 2.75) is 16.1 Å². The van der Waals surface area contributed by atoms with Crippen molar-refractivity contribution < 1.29 is 0 Å². The van der Waals surface area contributed by atoms with Crippen LogP contribution in [0.25, 0.3) is 88.8 Å². The largest absolute Gasteiger partial charge is 0.228 e. The highest BCUT2D eigenvalue weighted by molar-refractivity contribution is 8.00. The SMILES string of the molecule is C1=CC2Sc3c(-c4ccc(-c5nc(-c6ccc(-c7cccc8ccccc78)cc6)cc(-c6ccc(-c7cccc8ccccc78)cc6)n5)cc4)cccc3C2C=C1. The molecule has 0 N–H and O–H groups in total. The molecule has 1 aromatic heterocycles. The summed E-state index contributed by atoms with van der Waals surface area (Å²) < 4.78 is 0. The number of hydrogen-bond acceptors (Lipinski definition) is 3.